The molecule has 0 saturated heterocycles. The quantitative estimate of drug-likeness (QED) is 0.789. The molecule has 0 atom stereocenters. The van der Waals surface area contributed by atoms with Gasteiger partial charge in [-0.2, -0.15) is 0 Å². The molecule has 4 nitrogen and oxygen atoms in total. The van der Waals surface area contributed by atoms with Crippen LogP contribution in [0.2, 0.25) is 0 Å². The van der Waals surface area contributed by atoms with Gasteiger partial charge >= 0.3 is 0 Å². The molecule has 1 aromatic heterocycles. The molecule has 0 spiro atoms. The predicted molar refractivity (Wildman–Crippen MR) is 69.9 cm³/mol. The number of ether oxygens (including phenoxy) is 2. The molecular weight excluding hydrogens is 242 g/mol. The van der Waals surface area contributed by atoms with Crippen LogP contribution in [0.5, 0.6) is 11.5 Å². The van der Waals surface area contributed by atoms with Crippen molar-refractivity contribution in [3.05, 3.63) is 53.3 Å². The van der Waals surface area contributed by atoms with Crippen LogP contribution < -0.4 is 9.47 Å². The lowest BCUT2D eigenvalue weighted by molar-refractivity contribution is 0.103. The number of benzene rings is 1. The average molecular weight is 255 g/mol. The van der Waals surface area contributed by atoms with Crippen LogP contribution in [0.25, 0.3) is 0 Å². The lowest BCUT2D eigenvalue weighted by Gasteiger charge is -2.07. The van der Waals surface area contributed by atoms with E-state index in [1.54, 1.807) is 24.5 Å². The summed E-state index contributed by atoms with van der Waals surface area (Å²) in [5.41, 5.74) is 2.25. The van der Waals surface area contributed by atoms with Crippen LogP contribution >= 0.6 is 0 Å². The molecule has 1 aliphatic heterocycles. The van der Waals surface area contributed by atoms with Crippen molar-refractivity contribution in [3.63, 3.8) is 0 Å². The summed E-state index contributed by atoms with van der Waals surface area (Å²) in [5, 5.41) is 0. The number of hydrogen-bond acceptors (Lipinski definition) is 4. The van der Waals surface area contributed by atoms with Crippen molar-refractivity contribution in [3.8, 4) is 11.5 Å². The molecule has 1 aromatic carbocycles. The largest absolute Gasteiger partial charge is 0.494 e. The Bertz CT molecular complexity index is 637. The summed E-state index contributed by atoms with van der Waals surface area (Å²) in [4.78, 5) is 16.4. The minimum absolute atomic E-state index is 0.0612. The molecule has 0 fully saturated rings. The standard InChI is InChI=1S/C15H13NO3/c1-18-14-9-16-6-4-12(14)15(17)11-2-3-13-10(8-11)5-7-19-13/h2-4,6,8-9H,5,7H2,1H3. The summed E-state index contributed by atoms with van der Waals surface area (Å²) in [6, 6.07) is 7.20. The Hall–Kier alpha value is -2.36. The van der Waals surface area contributed by atoms with E-state index in [-0.39, 0.29) is 5.78 Å². The maximum absolute atomic E-state index is 12.5. The smallest absolute Gasteiger partial charge is 0.196 e. The third-order valence-corrected chi connectivity index (χ3v) is 3.20. The fourth-order valence-electron chi connectivity index (χ4n) is 2.21. The van der Waals surface area contributed by atoms with Crippen LogP contribution in [-0.4, -0.2) is 24.5 Å². The first-order valence-corrected chi connectivity index (χ1v) is 6.08. The summed E-state index contributed by atoms with van der Waals surface area (Å²) in [7, 11) is 1.53. The van der Waals surface area contributed by atoms with Crippen molar-refractivity contribution in [1.82, 2.24) is 4.98 Å². The number of nitrogens with zero attached hydrogens (tertiary/aromatic N) is 1. The van der Waals surface area contributed by atoms with Gasteiger partial charge in [0.25, 0.3) is 0 Å². The van der Waals surface area contributed by atoms with Crippen LogP contribution in [0.15, 0.2) is 36.7 Å². The highest BCUT2D eigenvalue weighted by molar-refractivity contribution is 6.10. The monoisotopic (exact) mass is 255 g/mol. The molecule has 19 heavy (non-hydrogen) atoms. The van der Waals surface area contributed by atoms with E-state index < -0.39 is 0 Å². The van der Waals surface area contributed by atoms with E-state index in [1.165, 1.54) is 7.11 Å². The lowest BCUT2D eigenvalue weighted by atomic mass is 10.0. The SMILES string of the molecule is COc1cnccc1C(=O)c1ccc2c(c1)CCO2. The third kappa shape index (κ3) is 2.05. The second-order valence-corrected chi connectivity index (χ2v) is 4.33. The zero-order valence-electron chi connectivity index (χ0n) is 10.6. The topological polar surface area (TPSA) is 48.4 Å². The summed E-state index contributed by atoms with van der Waals surface area (Å²) < 4.78 is 10.6. The number of carbonyl (C=O) groups excluding carboxylic acids is 1. The van der Waals surface area contributed by atoms with Gasteiger partial charge in [0.1, 0.15) is 11.5 Å². The molecule has 96 valence electrons. The van der Waals surface area contributed by atoms with E-state index in [0.717, 1.165) is 17.7 Å². The molecule has 1 aliphatic rings. The fraction of sp³-hybridized carbons (Fsp3) is 0.200. The lowest BCUT2D eigenvalue weighted by Crippen LogP contribution is -2.04. The zero-order chi connectivity index (χ0) is 13.2. The molecular formula is C15H13NO3. The van der Waals surface area contributed by atoms with Gasteiger partial charge in [-0.05, 0) is 29.8 Å². The Morgan fingerprint density at radius 2 is 2.26 bits per heavy atom. The first-order chi connectivity index (χ1) is 9.29. The van der Waals surface area contributed by atoms with Crippen LogP contribution in [-0.2, 0) is 6.42 Å². The number of fused-ring (bicyclic) bond motifs is 1. The number of hydrogen-bond donors (Lipinski definition) is 0. The summed E-state index contributed by atoms with van der Waals surface area (Å²) in [6.07, 6.45) is 3.99. The van der Waals surface area contributed by atoms with Crippen molar-refractivity contribution in [2.24, 2.45) is 0 Å². The van der Waals surface area contributed by atoms with Crippen molar-refractivity contribution in [2.75, 3.05) is 13.7 Å². The number of aromatic nitrogens is 1. The third-order valence-electron chi connectivity index (χ3n) is 3.20. The summed E-state index contributed by atoms with van der Waals surface area (Å²) in [6.45, 7) is 0.686. The van der Waals surface area contributed by atoms with Gasteiger partial charge in [0.05, 0.1) is 25.5 Å². The summed E-state index contributed by atoms with van der Waals surface area (Å²) in [5.74, 6) is 1.30. The van der Waals surface area contributed by atoms with Crippen molar-refractivity contribution >= 4 is 5.78 Å². The molecule has 0 amide bonds. The normalized spacial score (nSPS) is 12.7. The van der Waals surface area contributed by atoms with Gasteiger partial charge in [-0.1, -0.05) is 0 Å². The van der Waals surface area contributed by atoms with Gasteiger partial charge in [0, 0.05) is 18.2 Å². The maximum atomic E-state index is 12.5. The number of rotatable bonds is 3. The second kappa shape index (κ2) is 4.72. The highest BCUT2D eigenvalue weighted by Gasteiger charge is 2.18. The van der Waals surface area contributed by atoms with Gasteiger partial charge in [0.2, 0.25) is 0 Å². The van der Waals surface area contributed by atoms with Crippen molar-refractivity contribution in [1.29, 1.82) is 0 Å². The first-order valence-electron chi connectivity index (χ1n) is 6.08. The van der Waals surface area contributed by atoms with Gasteiger partial charge in [-0.3, -0.25) is 9.78 Å². The number of ketones is 1. The molecule has 0 saturated carbocycles. The Kier molecular flexibility index (Phi) is 2.91. The van der Waals surface area contributed by atoms with Gasteiger partial charge in [-0.15, -0.1) is 0 Å². The Balaban J connectivity index is 2.00. The van der Waals surface area contributed by atoms with Crippen LogP contribution in [0, 0.1) is 0 Å². The first kappa shape index (κ1) is 11.7. The number of pyridine rings is 1. The zero-order valence-corrected chi connectivity index (χ0v) is 10.6. The predicted octanol–water partition coefficient (Wildman–Crippen LogP) is 2.26. The number of methoxy groups -OCH3 is 1. The average Bonchev–Trinajstić information content (AvgIpc) is 2.93. The molecule has 0 aliphatic carbocycles. The molecule has 3 rings (SSSR count). The molecule has 0 bridgehead atoms. The fourth-order valence-corrected chi connectivity index (χ4v) is 2.21. The van der Waals surface area contributed by atoms with E-state index >= 15 is 0 Å². The van der Waals surface area contributed by atoms with Crippen LogP contribution in [0.4, 0.5) is 0 Å². The Labute approximate surface area is 111 Å². The molecule has 0 N–H and O–H groups in total. The molecule has 2 aromatic rings. The van der Waals surface area contributed by atoms with E-state index in [4.69, 9.17) is 9.47 Å². The van der Waals surface area contributed by atoms with Gasteiger partial charge in [0.15, 0.2) is 5.78 Å². The van der Waals surface area contributed by atoms with Gasteiger partial charge < -0.3 is 9.47 Å². The highest BCUT2D eigenvalue weighted by Crippen LogP contribution is 2.28. The molecule has 0 unspecified atom stereocenters. The maximum Gasteiger partial charge on any atom is 0.196 e. The van der Waals surface area contributed by atoms with E-state index in [0.29, 0.717) is 23.5 Å². The minimum Gasteiger partial charge on any atom is -0.494 e. The summed E-state index contributed by atoms with van der Waals surface area (Å²) >= 11 is 0. The minimum atomic E-state index is -0.0612. The van der Waals surface area contributed by atoms with Crippen LogP contribution in [0.1, 0.15) is 21.5 Å². The molecule has 0 radical (unpaired) electrons. The van der Waals surface area contributed by atoms with Crippen molar-refractivity contribution < 1.29 is 14.3 Å². The van der Waals surface area contributed by atoms with E-state index in [1.807, 2.05) is 12.1 Å². The molecule has 2 heterocycles. The number of carbonyl (C=O) groups is 1. The van der Waals surface area contributed by atoms with Gasteiger partial charge in [-0.25, -0.2) is 0 Å². The highest BCUT2D eigenvalue weighted by atomic mass is 16.5. The Morgan fingerprint density at radius 1 is 1.37 bits per heavy atom. The second-order valence-electron chi connectivity index (χ2n) is 4.33. The van der Waals surface area contributed by atoms with Crippen LogP contribution in [0.3, 0.4) is 0 Å². The van der Waals surface area contributed by atoms with Crippen molar-refractivity contribution in [2.45, 2.75) is 6.42 Å². The molecule has 4 heteroatoms. The van der Waals surface area contributed by atoms with E-state index in [2.05, 4.69) is 4.98 Å². The Morgan fingerprint density at radius 3 is 3.11 bits per heavy atom. The van der Waals surface area contributed by atoms with E-state index in [9.17, 15) is 4.79 Å².